The highest BCUT2D eigenvalue weighted by atomic mass is 16.6. The predicted octanol–water partition coefficient (Wildman–Crippen LogP) is 1.87. The fourth-order valence-corrected chi connectivity index (χ4v) is 1.16. The molecular formula is C9H17NO2. The third-order valence-electron chi connectivity index (χ3n) is 2.08. The normalized spacial score (nSPS) is 15.8. The van der Waals surface area contributed by atoms with Gasteiger partial charge in [-0.2, -0.15) is 0 Å². The summed E-state index contributed by atoms with van der Waals surface area (Å²) < 4.78 is 4.91. The van der Waals surface area contributed by atoms with Crippen molar-refractivity contribution >= 4 is 6.09 Å². The van der Waals surface area contributed by atoms with Gasteiger partial charge in [0.2, 0.25) is 0 Å². The number of amides is 1. The highest BCUT2D eigenvalue weighted by Gasteiger charge is 2.26. The molecule has 0 bridgehead atoms. The lowest BCUT2D eigenvalue weighted by Gasteiger charge is -2.19. The number of ether oxygens (including phenoxy) is 1. The number of nitrogens with zero attached hydrogens (tertiary/aromatic N) is 1. The molecule has 1 saturated carbocycles. The molecule has 70 valence electrons. The molecule has 0 aromatic rings. The minimum Gasteiger partial charge on any atom is -0.450 e. The van der Waals surface area contributed by atoms with Crippen LogP contribution in [0.15, 0.2) is 0 Å². The first-order valence-electron chi connectivity index (χ1n) is 4.69. The van der Waals surface area contributed by atoms with Gasteiger partial charge in [0, 0.05) is 13.1 Å². The molecule has 0 aromatic heterocycles. The van der Waals surface area contributed by atoms with E-state index in [1.807, 2.05) is 13.8 Å². The zero-order valence-corrected chi connectivity index (χ0v) is 7.88. The molecule has 0 radical (unpaired) electrons. The lowest BCUT2D eigenvalue weighted by molar-refractivity contribution is 0.107. The maximum absolute atomic E-state index is 11.2. The topological polar surface area (TPSA) is 29.5 Å². The molecule has 0 unspecified atom stereocenters. The van der Waals surface area contributed by atoms with Crippen LogP contribution < -0.4 is 0 Å². The molecule has 1 aliphatic rings. The summed E-state index contributed by atoms with van der Waals surface area (Å²) in [6.45, 7) is 5.94. The van der Waals surface area contributed by atoms with Crippen LogP contribution in [0.4, 0.5) is 4.79 Å². The second-order valence-corrected chi connectivity index (χ2v) is 3.18. The second-order valence-electron chi connectivity index (χ2n) is 3.18. The summed E-state index contributed by atoms with van der Waals surface area (Å²) in [5.41, 5.74) is 0. The largest absolute Gasteiger partial charge is 0.450 e. The van der Waals surface area contributed by atoms with Crippen LogP contribution in [0, 0.1) is 5.92 Å². The molecule has 0 saturated heterocycles. The van der Waals surface area contributed by atoms with E-state index >= 15 is 0 Å². The average molecular weight is 171 g/mol. The standard InChI is InChI=1S/C9H17NO2/c1-3-10(7-8-5-6-8)9(11)12-4-2/h8H,3-7H2,1-2H3. The van der Waals surface area contributed by atoms with Crippen LogP contribution in [-0.2, 0) is 4.74 Å². The smallest absolute Gasteiger partial charge is 0.409 e. The maximum Gasteiger partial charge on any atom is 0.409 e. The predicted molar refractivity (Wildman–Crippen MR) is 47.0 cm³/mol. The first-order valence-corrected chi connectivity index (χ1v) is 4.69. The lowest BCUT2D eigenvalue weighted by atomic mass is 10.4. The first-order chi connectivity index (χ1) is 5.77. The summed E-state index contributed by atoms with van der Waals surface area (Å²) >= 11 is 0. The van der Waals surface area contributed by atoms with Gasteiger partial charge in [0.05, 0.1) is 6.61 Å². The Morgan fingerprint density at radius 1 is 1.50 bits per heavy atom. The summed E-state index contributed by atoms with van der Waals surface area (Å²) in [6.07, 6.45) is 2.39. The summed E-state index contributed by atoms with van der Waals surface area (Å²) in [5.74, 6) is 0.745. The van der Waals surface area contributed by atoms with Gasteiger partial charge in [0.25, 0.3) is 0 Å². The van der Waals surface area contributed by atoms with Gasteiger partial charge >= 0.3 is 6.09 Å². The molecule has 0 heterocycles. The third kappa shape index (κ3) is 2.72. The van der Waals surface area contributed by atoms with Gasteiger partial charge in [-0.3, -0.25) is 0 Å². The summed E-state index contributed by atoms with van der Waals surface area (Å²) in [5, 5.41) is 0. The number of hydrogen-bond acceptors (Lipinski definition) is 2. The molecule has 0 spiro atoms. The van der Waals surface area contributed by atoms with Crippen molar-refractivity contribution in [3.05, 3.63) is 0 Å². The average Bonchev–Trinajstić information content (AvgIpc) is 2.84. The maximum atomic E-state index is 11.2. The Bertz CT molecular complexity index is 155. The number of carbonyl (C=O) groups is 1. The van der Waals surface area contributed by atoms with E-state index in [1.165, 1.54) is 12.8 Å². The van der Waals surface area contributed by atoms with E-state index in [4.69, 9.17) is 4.74 Å². The first kappa shape index (κ1) is 9.36. The molecule has 1 rings (SSSR count). The quantitative estimate of drug-likeness (QED) is 0.646. The van der Waals surface area contributed by atoms with E-state index in [0.717, 1.165) is 19.0 Å². The Balaban J connectivity index is 2.26. The van der Waals surface area contributed by atoms with E-state index in [1.54, 1.807) is 4.90 Å². The molecule has 0 aromatic carbocycles. The van der Waals surface area contributed by atoms with E-state index < -0.39 is 0 Å². The van der Waals surface area contributed by atoms with Crippen LogP contribution in [0.25, 0.3) is 0 Å². The highest BCUT2D eigenvalue weighted by Crippen LogP contribution is 2.29. The fraction of sp³-hybridized carbons (Fsp3) is 0.889. The van der Waals surface area contributed by atoms with Crippen LogP contribution in [0.2, 0.25) is 0 Å². The van der Waals surface area contributed by atoms with E-state index in [9.17, 15) is 4.79 Å². The molecule has 0 atom stereocenters. The SMILES string of the molecule is CCOC(=O)N(CC)CC1CC1. The van der Waals surface area contributed by atoms with E-state index in [0.29, 0.717) is 6.61 Å². The Hall–Kier alpha value is -0.730. The summed E-state index contributed by atoms with van der Waals surface area (Å²) in [7, 11) is 0. The highest BCUT2D eigenvalue weighted by molar-refractivity contribution is 5.67. The fourth-order valence-electron chi connectivity index (χ4n) is 1.16. The minimum atomic E-state index is -0.160. The van der Waals surface area contributed by atoms with Crippen molar-refractivity contribution in [2.24, 2.45) is 5.92 Å². The van der Waals surface area contributed by atoms with E-state index in [-0.39, 0.29) is 6.09 Å². The molecule has 12 heavy (non-hydrogen) atoms. The van der Waals surface area contributed by atoms with Crippen molar-refractivity contribution in [2.45, 2.75) is 26.7 Å². The summed E-state index contributed by atoms with van der Waals surface area (Å²) in [6, 6.07) is 0. The Kier molecular flexibility index (Phi) is 3.38. The monoisotopic (exact) mass is 171 g/mol. The molecule has 0 N–H and O–H groups in total. The van der Waals surface area contributed by atoms with Gasteiger partial charge in [0.1, 0.15) is 0 Å². The van der Waals surface area contributed by atoms with Crippen LogP contribution >= 0.6 is 0 Å². The Morgan fingerprint density at radius 2 is 2.17 bits per heavy atom. The van der Waals surface area contributed by atoms with Crippen LogP contribution in [0.3, 0.4) is 0 Å². The summed E-state index contributed by atoms with van der Waals surface area (Å²) in [4.78, 5) is 13.0. The third-order valence-corrected chi connectivity index (χ3v) is 2.08. The zero-order chi connectivity index (χ0) is 8.97. The second kappa shape index (κ2) is 4.33. The van der Waals surface area contributed by atoms with Crippen LogP contribution in [-0.4, -0.2) is 30.7 Å². The van der Waals surface area contributed by atoms with Crippen molar-refractivity contribution in [1.29, 1.82) is 0 Å². The molecular weight excluding hydrogens is 154 g/mol. The van der Waals surface area contributed by atoms with Gasteiger partial charge in [-0.25, -0.2) is 4.79 Å². The van der Waals surface area contributed by atoms with Gasteiger partial charge < -0.3 is 9.64 Å². The number of hydrogen-bond donors (Lipinski definition) is 0. The van der Waals surface area contributed by atoms with Crippen LogP contribution in [0.1, 0.15) is 26.7 Å². The number of carbonyl (C=O) groups excluding carboxylic acids is 1. The van der Waals surface area contributed by atoms with E-state index in [2.05, 4.69) is 0 Å². The van der Waals surface area contributed by atoms with Crippen molar-refractivity contribution in [1.82, 2.24) is 4.90 Å². The van der Waals surface area contributed by atoms with Crippen LogP contribution in [0.5, 0.6) is 0 Å². The molecule has 1 fully saturated rings. The molecule has 0 aliphatic heterocycles. The van der Waals surface area contributed by atoms with Crippen molar-refractivity contribution in [3.8, 4) is 0 Å². The lowest BCUT2D eigenvalue weighted by Crippen LogP contribution is -2.33. The van der Waals surface area contributed by atoms with Gasteiger partial charge in [0.15, 0.2) is 0 Å². The van der Waals surface area contributed by atoms with Gasteiger partial charge in [-0.05, 0) is 32.6 Å². The molecule has 1 amide bonds. The molecule has 3 nitrogen and oxygen atoms in total. The van der Waals surface area contributed by atoms with Crippen molar-refractivity contribution < 1.29 is 9.53 Å². The molecule has 3 heteroatoms. The van der Waals surface area contributed by atoms with Crippen molar-refractivity contribution in [3.63, 3.8) is 0 Å². The Morgan fingerprint density at radius 3 is 2.58 bits per heavy atom. The number of rotatable bonds is 4. The Labute approximate surface area is 73.7 Å². The van der Waals surface area contributed by atoms with Gasteiger partial charge in [-0.15, -0.1) is 0 Å². The zero-order valence-electron chi connectivity index (χ0n) is 7.88. The van der Waals surface area contributed by atoms with Gasteiger partial charge in [-0.1, -0.05) is 0 Å². The minimum absolute atomic E-state index is 0.160. The van der Waals surface area contributed by atoms with Crippen molar-refractivity contribution in [2.75, 3.05) is 19.7 Å². The molecule has 1 aliphatic carbocycles.